The molecule has 12 nitrogen and oxygen atoms in total. The highest BCUT2D eigenvalue weighted by Crippen LogP contribution is 2.49. The van der Waals surface area contributed by atoms with Crippen LogP contribution >= 0.6 is 19.4 Å². The molecule has 3 amide bonds. The summed E-state index contributed by atoms with van der Waals surface area (Å²) >= 11 is 1.87. The topological polar surface area (TPSA) is 200 Å². The Balaban J connectivity index is 0.000000269. The van der Waals surface area contributed by atoms with E-state index in [2.05, 4.69) is 16.0 Å². The average molecular weight is 565 g/mol. The van der Waals surface area contributed by atoms with Crippen LogP contribution in [0.25, 0.3) is 0 Å². The molecule has 0 aromatic heterocycles. The summed E-state index contributed by atoms with van der Waals surface area (Å²) in [5.74, 6) is -0.0121. The predicted octanol–water partition coefficient (Wildman–Crippen LogP) is 1.65. The van der Waals surface area contributed by atoms with E-state index in [1.54, 1.807) is 0 Å². The van der Waals surface area contributed by atoms with Crippen LogP contribution < -0.4 is 21.7 Å². The van der Waals surface area contributed by atoms with Gasteiger partial charge in [-0.15, -0.1) is 0 Å². The van der Waals surface area contributed by atoms with Crippen LogP contribution in [0, 0.1) is 0 Å². The normalized spacial score (nSPS) is 28.9. The molecule has 3 aliphatic rings. The van der Waals surface area contributed by atoms with Crippen molar-refractivity contribution in [2.75, 3.05) is 5.75 Å². The number of carbonyl (C=O) groups is 3. The number of carbonyl (C=O) groups excluding carboxylic acids is 2. The summed E-state index contributed by atoms with van der Waals surface area (Å²) in [4.78, 5) is 51.4. The number of aliphatic carboxylic acids is 1. The highest BCUT2D eigenvalue weighted by Gasteiger charge is 2.42. The highest BCUT2D eigenvalue weighted by atomic mass is 32.2. The van der Waals surface area contributed by atoms with E-state index in [9.17, 15) is 28.7 Å². The van der Waals surface area contributed by atoms with Gasteiger partial charge in [-0.1, -0.05) is 20.3 Å². The lowest BCUT2D eigenvalue weighted by Gasteiger charge is -2.37. The number of nitrogens with one attached hydrogen (secondary N) is 3. The van der Waals surface area contributed by atoms with Crippen molar-refractivity contribution in [1.29, 1.82) is 0 Å². The molecule has 6 atom stereocenters. The molecule has 0 saturated carbocycles. The molecule has 3 rings (SSSR count). The first kappa shape index (κ1) is 31.6. The summed E-state index contributed by atoms with van der Waals surface area (Å²) in [6.07, 6.45) is 5.20. The van der Waals surface area contributed by atoms with E-state index in [1.165, 1.54) is 13.0 Å². The van der Waals surface area contributed by atoms with Gasteiger partial charge in [0.2, 0.25) is 5.91 Å². The summed E-state index contributed by atoms with van der Waals surface area (Å²) in [5.41, 5.74) is 5.98. The molecule has 0 aromatic rings. The van der Waals surface area contributed by atoms with Gasteiger partial charge in [-0.3, -0.25) is 14.2 Å². The lowest BCUT2D eigenvalue weighted by molar-refractivity contribution is -0.137. The number of hydrogen-bond donors (Lipinski definition) is 7. The Hall–Kier alpha value is -1.63. The number of hydrogen-bond acceptors (Lipinski definition) is 7. The Morgan fingerprint density at radius 1 is 1.27 bits per heavy atom. The van der Waals surface area contributed by atoms with Gasteiger partial charge in [-0.25, -0.2) is 4.79 Å². The Morgan fingerprint density at radius 3 is 2.51 bits per heavy atom. The third-order valence-corrected chi connectivity index (χ3v) is 9.28. The molecule has 212 valence electrons. The second kappa shape index (κ2) is 14.5. The molecule has 0 bridgehead atoms. The predicted molar refractivity (Wildman–Crippen MR) is 141 cm³/mol. The number of rotatable bonds is 11. The number of urea groups is 1. The first-order chi connectivity index (χ1) is 17.3. The van der Waals surface area contributed by atoms with Gasteiger partial charge in [0.05, 0.1) is 30.3 Å². The fourth-order valence-corrected chi connectivity index (χ4v) is 7.04. The van der Waals surface area contributed by atoms with Crippen molar-refractivity contribution in [3.8, 4) is 0 Å². The van der Waals surface area contributed by atoms with Gasteiger partial charge in [0, 0.05) is 35.7 Å². The average Bonchev–Trinajstić information content (AvgIpc) is 3.35. The molecule has 8 N–H and O–H groups in total. The molecule has 0 unspecified atom stereocenters. The van der Waals surface area contributed by atoms with Crippen LogP contribution in [-0.2, 0) is 18.9 Å². The smallest absolute Gasteiger partial charge is 0.352 e. The molecule has 0 aromatic carbocycles. The van der Waals surface area contributed by atoms with Gasteiger partial charge in [0.1, 0.15) is 0 Å². The second-order valence-electron chi connectivity index (χ2n) is 9.60. The maximum Gasteiger partial charge on any atom is 0.352 e. The Kier molecular flexibility index (Phi) is 12.4. The van der Waals surface area contributed by atoms with Crippen LogP contribution in [0.3, 0.4) is 0 Å². The highest BCUT2D eigenvalue weighted by molar-refractivity contribution is 8.00. The quantitative estimate of drug-likeness (QED) is 0.110. The van der Waals surface area contributed by atoms with Gasteiger partial charge < -0.3 is 41.3 Å². The van der Waals surface area contributed by atoms with E-state index in [0.29, 0.717) is 5.25 Å². The number of nitrogens with two attached hydrogens (primary N) is 1. The van der Waals surface area contributed by atoms with E-state index < -0.39 is 31.8 Å². The Bertz CT molecular complexity index is 881. The summed E-state index contributed by atoms with van der Waals surface area (Å²) < 4.78 is 17.3. The first-order valence-electron chi connectivity index (χ1n) is 12.7. The second-order valence-corrected chi connectivity index (χ2v) is 12.5. The first-order valence-corrected chi connectivity index (χ1v) is 15.4. The van der Waals surface area contributed by atoms with E-state index in [4.69, 9.17) is 15.6 Å². The van der Waals surface area contributed by atoms with Crippen molar-refractivity contribution in [3.05, 3.63) is 11.4 Å². The Morgan fingerprint density at radius 2 is 1.95 bits per heavy atom. The van der Waals surface area contributed by atoms with Crippen LogP contribution in [0.2, 0.25) is 0 Å². The maximum absolute atomic E-state index is 11.5. The number of fused-ring (bicyclic) bond motifs is 1. The molecule has 0 radical (unpaired) electrons. The zero-order chi connectivity index (χ0) is 27.8. The molecule has 1 aliphatic carbocycles. The molecular formula is C23H41N4O8PS. The van der Waals surface area contributed by atoms with Crippen LogP contribution in [0.1, 0.15) is 65.7 Å². The van der Waals surface area contributed by atoms with Crippen LogP contribution in [0.15, 0.2) is 11.4 Å². The summed E-state index contributed by atoms with van der Waals surface area (Å²) in [6.45, 7) is 5.32. The fourth-order valence-electron chi connectivity index (χ4n) is 4.71. The molecule has 2 fully saturated rings. The van der Waals surface area contributed by atoms with Crippen molar-refractivity contribution in [1.82, 2.24) is 16.0 Å². The van der Waals surface area contributed by atoms with Crippen molar-refractivity contribution in [2.24, 2.45) is 5.73 Å². The van der Waals surface area contributed by atoms with E-state index in [1.807, 2.05) is 25.6 Å². The van der Waals surface area contributed by atoms with Crippen LogP contribution in [0.5, 0.6) is 0 Å². The molecule has 14 heteroatoms. The summed E-state index contributed by atoms with van der Waals surface area (Å²) in [6, 6.07) is -0.644. The zero-order valence-corrected chi connectivity index (χ0v) is 23.3. The van der Waals surface area contributed by atoms with Gasteiger partial charge >= 0.3 is 19.6 Å². The monoisotopic (exact) mass is 564 g/mol. The standard InChI is InChI=1S/C13H25N2O5P.C10H16N2O3S/c1-4-9(5-2)20-12-7-10(21(17,18)19)6-11(14)13(12)15-8(3)16;13-8(14)4-2-1-3-7-9-6(5-16-7)11-10(15)12-9/h7,9,11-13H,4-6,14H2,1-3H3,(H,15,16)(H2,17,18,19);6-7,9H,1-5H2,(H,13,14)(H2,11,12,15)/t11-,12+,13+;6-,7-,9-/m00/s1. The number of carboxylic acid groups (broad SMARTS) is 1. The summed E-state index contributed by atoms with van der Waals surface area (Å²) in [7, 11) is -4.35. The largest absolute Gasteiger partial charge is 0.481 e. The lowest BCUT2D eigenvalue weighted by Crippen LogP contribution is -2.56. The van der Waals surface area contributed by atoms with Gasteiger partial charge in [-0.2, -0.15) is 11.8 Å². The minimum absolute atomic E-state index is 0.0208. The molecule has 37 heavy (non-hydrogen) atoms. The van der Waals surface area contributed by atoms with E-state index in [-0.39, 0.29) is 48.3 Å². The molecular weight excluding hydrogens is 523 g/mol. The number of thioether (sulfide) groups is 1. The number of amides is 3. The van der Waals surface area contributed by atoms with Gasteiger partial charge in [0.15, 0.2) is 0 Å². The zero-order valence-electron chi connectivity index (χ0n) is 21.6. The number of ether oxygens (including phenoxy) is 1. The van der Waals surface area contributed by atoms with Crippen molar-refractivity contribution >= 4 is 37.3 Å². The van der Waals surface area contributed by atoms with Crippen molar-refractivity contribution in [3.63, 3.8) is 0 Å². The minimum atomic E-state index is -4.35. The maximum atomic E-state index is 11.5. The van der Waals surface area contributed by atoms with Crippen LogP contribution in [-0.4, -0.2) is 80.2 Å². The third kappa shape index (κ3) is 9.88. The van der Waals surface area contributed by atoms with Gasteiger partial charge in [-0.05, 0) is 38.2 Å². The number of carboxylic acids is 1. The summed E-state index contributed by atoms with van der Waals surface area (Å²) in [5, 5.41) is 17.5. The van der Waals surface area contributed by atoms with E-state index in [0.717, 1.165) is 37.9 Å². The minimum Gasteiger partial charge on any atom is -0.481 e. The van der Waals surface area contributed by atoms with Crippen molar-refractivity contribution < 1.29 is 38.6 Å². The molecule has 2 saturated heterocycles. The van der Waals surface area contributed by atoms with E-state index >= 15 is 0 Å². The molecule has 2 aliphatic heterocycles. The van der Waals surface area contributed by atoms with Crippen molar-refractivity contribution in [2.45, 2.75) is 107 Å². The van der Waals surface area contributed by atoms with Crippen LogP contribution in [0.4, 0.5) is 4.79 Å². The number of unbranched alkanes of at least 4 members (excludes halogenated alkanes) is 1. The third-order valence-electron chi connectivity index (χ3n) is 6.69. The van der Waals surface area contributed by atoms with Gasteiger partial charge in [0.25, 0.3) is 0 Å². The fraction of sp³-hybridized carbons (Fsp3) is 0.783. The molecule has 2 heterocycles. The molecule has 0 spiro atoms. The SMILES string of the molecule is CCC(CC)O[C@@H]1C=C(P(=O)(O)O)C[C@H](N)[C@H]1NC(C)=O.O=C(O)CCCC[C@@H]1SC[C@@H]2NC(=O)N[C@@H]21. The Labute approximate surface area is 222 Å². The lowest BCUT2D eigenvalue weighted by atomic mass is 9.93.